The molecule has 1 aromatic rings. The van der Waals surface area contributed by atoms with Crippen molar-refractivity contribution in [1.82, 2.24) is 10.2 Å². The van der Waals surface area contributed by atoms with Crippen LogP contribution < -0.4 is 5.32 Å². The Kier molecular flexibility index (Phi) is 6.09. The lowest BCUT2D eigenvalue weighted by molar-refractivity contribution is 0.0695. The van der Waals surface area contributed by atoms with E-state index in [9.17, 15) is 9.59 Å². The number of carboxylic acid groups (broad SMARTS) is 1. The summed E-state index contributed by atoms with van der Waals surface area (Å²) in [5, 5.41) is 11.7. The maximum Gasteiger partial charge on any atom is 0.339 e. The minimum absolute atomic E-state index is 0.132. The van der Waals surface area contributed by atoms with Gasteiger partial charge >= 0.3 is 12.0 Å². The number of urea groups is 1. The summed E-state index contributed by atoms with van der Waals surface area (Å²) in [6, 6.07) is 1.28. The van der Waals surface area contributed by atoms with Gasteiger partial charge in [0, 0.05) is 13.1 Å². The third kappa shape index (κ3) is 4.29. The Labute approximate surface area is 118 Å². The molecule has 0 aromatic carbocycles. The average Bonchev–Trinajstić information content (AvgIpc) is 2.78. The summed E-state index contributed by atoms with van der Waals surface area (Å²) in [7, 11) is 0. The van der Waals surface area contributed by atoms with E-state index in [1.165, 1.54) is 6.07 Å². The topological polar surface area (TPSA) is 82.8 Å². The summed E-state index contributed by atoms with van der Waals surface area (Å²) in [6.07, 6.45) is 1.99. The van der Waals surface area contributed by atoms with Gasteiger partial charge < -0.3 is 19.7 Å². The fourth-order valence-corrected chi connectivity index (χ4v) is 1.87. The second kappa shape index (κ2) is 7.57. The molecule has 6 heteroatoms. The van der Waals surface area contributed by atoms with Crippen LogP contribution in [0.5, 0.6) is 0 Å². The molecule has 112 valence electrons. The van der Waals surface area contributed by atoms with E-state index in [0.29, 0.717) is 18.1 Å². The van der Waals surface area contributed by atoms with Crippen molar-refractivity contribution >= 4 is 12.0 Å². The largest absolute Gasteiger partial charge is 0.478 e. The number of carbonyl (C=O) groups is 2. The van der Waals surface area contributed by atoms with Gasteiger partial charge in [-0.25, -0.2) is 9.59 Å². The van der Waals surface area contributed by atoms with Gasteiger partial charge in [-0.15, -0.1) is 0 Å². The lowest BCUT2D eigenvalue weighted by Crippen LogP contribution is -2.39. The number of furan rings is 1. The van der Waals surface area contributed by atoms with E-state index in [2.05, 4.69) is 12.2 Å². The molecule has 0 unspecified atom stereocenters. The molecule has 0 saturated heterocycles. The molecule has 6 nitrogen and oxygen atoms in total. The highest BCUT2D eigenvalue weighted by atomic mass is 16.4. The van der Waals surface area contributed by atoms with Gasteiger partial charge in [0.2, 0.25) is 0 Å². The molecule has 0 aliphatic rings. The molecule has 0 fully saturated rings. The van der Waals surface area contributed by atoms with Crippen molar-refractivity contribution in [3.05, 3.63) is 23.2 Å². The maximum absolute atomic E-state index is 11.9. The number of amides is 2. The van der Waals surface area contributed by atoms with Crippen LogP contribution in [0.3, 0.4) is 0 Å². The molecule has 0 aliphatic carbocycles. The van der Waals surface area contributed by atoms with Crippen LogP contribution >= 0.6 is 0 Å². The predicted octanol–water partition coefficient (Wildman–Crippen LogP) is 2.62. The Morgan fingerprint density at radius 3 is 2.60 bits per heavy atom. The van der Waals surface area contributed by atoms with Gasteiger partial charge in [-0.05, 0) is 26.3 Å². The molecule has 1 heterocycles. The molecule has 0 radical (unpaired) electrons. The highest BCUT2D eigenvalue weighted by Gasteiger charge is 2.15. The van der Waals surface area contributed by atoms with Crippen LogP contribution in [0.15, 0.2) is 10.5 Å². The lowest BCUT2D eigenvalue weighted by Gasteiger charge is -2.20. The number of nitrogens with one attached hydrogen (secondary N) is 1. The maximum atomic E-state index is 11.9. The van der Waals surface area contributed by atoms with E-state index < -0.39 is 5.97 Å². The second-order valence-electron chi connectivity index (χ2n) is 4.58. The van der Waals surface area contributed by atoms with Crippen LogP contribution in [-0.2, 0) is 6.54 Å². The van der Waals surface area contributed by atoms with Crippen LogP contribution in [0.2, 0.25) is 0 Å². The number of hydrogen-bond acceptors (Lipinski definition) is 3. The van der Waals surface area contributed by atoms with Gasteiger partial charge in [0.05, 0.1) is 6.54 Å². The lowest BCUT2D eigenvalue weighted by atomic mass is 10.2. The van der Waals surface area contributed by atoms with E-state index in [1.54, 1.807) is 11.8 Å². The third-order valence-electron chi connectivity index (χ3n) is 3.06. The minimum atomic E-state index is -1.03. The predicted molar refractivity (Wildman–Crippen MR) is 74.8 cm³/mol. The van der Waals surface area contributed by atoms with Crippen molar-refractivity contribution in [2.75, 3.05) is 13.1 Å². The molecule has 2 amide bonds. The van der Waals surface area contributed by atoms with Gasteiger partial charge in [-0.1, -0.05) is 13.3 Å². The molecular weight excluding hydrogens is 260 g/mol. The SMILES string of the molecule is CCCCN(CC)C(=O)NCc1cc(C(=O)O)c(C)o1. The Balaban J connectivity index is 2.55. The first-order valence-electron chi connectivity index (χ1n) is 6.84. The van der Waals surface area contributed by atoms with E-state index in [4.69, 9.17) is 9.52 Å². The number of hydrogen-bond donors (Lipinski definition) is 2. The number of aromatic carboxylic acids is 1. The van der Waals surface area contributed by atoms with Crippen molar-refractivity contribution in [3.8, 4) is 0 Å². The minimum Gasteiger partial charge on any atom is -0.478 e. The fraction of sp³-hybridized carbons (Fsp3) is 0.571. The smallest absolute Gasteiger partial charge is 0.339 e. The van der Waals surface area contributed by atoms with Crippen molar-refractivity contribution in [1.29, 1.82) is 0 Å². The molecule has 0 spiro atoms. The second-order valence-corrected chi connectivity index (χ2v) is 4.58. The number of nitrogens with zero attached hydrogens (tertiary/aromatic N) is 1. The number of unbranched alkanes of at least 4 members (excludes halogenated alkanes) is 1. The van der Waals surface area contributed by atoms with Crippen LogP contribution in [-0.4, -0.2) is 35.1 Å². The number of aryl methyl sites for hydroxylation is 1. The number of carbonyl (C=O) groups excluding carboxylic acids is 1. The first-order valence-corrected chi connectivity index (χ1v) is 6.84. The molecular formula is C14H22N2O4. The van der Waals surface area contributed by atoms with Gasteiger partial charge in [0.25, 0.3) is 0 Å². The molecule has 0 bridgehead atoms. The first kappa shape index (κ1) is 16.1. The van der Waals surface area contributed by atoms with Crippen LogP contribution in [0, 0.1) is 6.92 Å². The van der Waals surface area contributed by atoms with Crippen molar-refractivity contribution in [3.63, 3.8) is 0 Å². The summed E-state index contributed by atoms with van der Waals surface area (Å²) >= 11 is 0. The first-order chi connectivity index (χ1) is 9.49. The van der Waals surface area contributed by atoms with Gasteiger partial charge in [-0.2, -0.15) is 0 Å². The zero-order chi connectivity index (χ0) is 15.1. The zero-order valence-corrected chi connectivity index (χ0v) is 12.2. The Hall–Kier alpha value is -1.98. The van der Waals surface area contributed by atoms with E-state index >= 15 is 0 Å². The highest BCUT2D eigenvalue weighted by molar-refractivity contribution is 5.88. The van der Waals surface area contributed by atoms with Gasteiger partial charge in [-0.3, -0.25) is 0 Å². The number of rotatable bonds is 7. The van der Waals surface area contributed by atoms with Crippen molar-refractivity contribution < 1.29 is 19.1 Å². The highest BCUT2D eigenvalue weighted by Crippen LogP contribution is 2.14. The summed E-state index contributed by atoms with van der Waals surface area (Å²) in [4.78, 5) is 24.5. The zero-order valence-electron chi connectivity index (χ0n) is 12.2. The van der Waals surface area contributed by atoms with E-state index in [-0.39, 0.29) is 18.1 Å². The molecule has 0 aliphatic heterocycles. The van der Waals surface area contributed by atoms with Crippen LogP contribution in [0.1, 0.15) is 48.6 Å². The van der Waals surface area contributed by atoms with Gasteiger partial charge in [0.15, 0.2) is 0 Å². The summed E-state index contributed by atoms with van der Waals surface area (Å²) in [5.41, 5.74) is 0.132. The Morgan fingerprint density at radius 1 is 1.40 bits per heavy atom. The summed E-state index contributed by atoms with van der Waals surface area (Å²) < 4.78 is 5.31. The quantitative estimate of drug-likeness (QED) is 0.805. The normalized spacial score (nSPS) is 10.3. The van der Waals surface area contributed by atoms with E-state index in [0.717, 1.165) is 19.4 Å². The Bertz CT molecular complexity index is 468. The summed E-state index contributed by atoms with van der Waals surface area (Å²) in [6.45, 7) is 7.14. The fourth-order valence-electron chi connectivity index (χ4n) is 1.87. The molecule has 0 saturated carbocycles. The van der Waals surface area contributed by atoms with Crippen molar-refractivity contribution in [2.45, 2.75) is 40.2 Å². The van der Waals surface area contributed by atoms with Gasteiger partial charge in [0.1, 0.15) is 17.1 Å². The Morgan fingerprint density at radius 2 is 2.10 bits per heavy atom. The summed E-state index contributed by atoms with van der Waals surface area (Å²) in [5.74, 6) is -0.234. The average molecular weight is 282 g/mol. The molecule has 1 aromatic heterocycles. The standard InChI is InChI=1S/C14H22N2O4/c1-4-6-7-16(5-2)14(19)15-9-11-8-12(13(17)18)10(3)20-11/h8H,4-7,9H2,1-3H3,(H,15,19)(H,17,18). The third-order valence-corrected chi connectivity index (χ3v) is 3.06. The van der Waals surface area contributed by atoms with Crippen molar-refractivity contribution in [2.24, 2.45) is 0 Å². The molecule has 2 N–H and O–H groups in total. The van der Waals surface area contributed by atoms with E-state index in [1.807, 2.05) is 6.92 Å². The van der Waals surface area contributed by atoms with Crippen LogP contribution in [0.25, 0.3) is 0 Å². The molecule has 20 heavy (non-hydrogen) atoms. The monoisotopic (exact) mass is 282 g/mol. The number of carboxylic acids is 1. The van der Waals surface area contributed by atoms with Crippen LogP contribution in [0.4, 0.5) is 4.79 Å². The molecule has 1 rings (SSSR count). The molecule has 0 atom stereocenters.